The molecular weight excluding hydrogens is 461 g/mol. The van der Waals surface area contributed by atoms with Gasteiger partial charge in [-0.25, -0.2) is 0 Å². The van der Waals surface area contributed by atoms with Crippen LogP contribution < -0.4 is 10.6 Å². The third kappa shape index (κ3) is 5.70. The molecule has 2 aromatic rings. The molecule has 5 heteroatoms. The molecular formula is C23H32IN3O. The molecule has 0 unspecified atom stereocenters. The fourth-order valence-electron chi connectivity index (χ4n) is 3.85. The second-order valence-electron chi connectivity index (χ2n) is 7.16. The lowest BCUT2D eigenvalue weighted by Crippen LogP contribution is -2.47. The van der Waals surface area contributed by atoms with E-state index in [1.807, 2.05) is 7.05 Å². The Morgan fingerprint density at radius 1 is 0.964 bits per heavy atom. The Balaban J connectivity index is 0.00000280. The van der Waals surface area contributed by atoms with Crippen LogP contribution in [-0.4, -0.2) is 32.8 Å². The first-order valence-electron chi connectivity index (χ1n) is 9.92. The van der Waals surface area contributed by atoms with Gasteiger partial charge in [0.2, 0.25) is 0 Å². The van der Waals surface area contributed by atoms with E-state index in [0.717, 1.165) is 51.5 Å². The van der Waals surface area contributed by atoms with Crippen molar-refractivity contribution in [2.24, 2.45) is 4.99 Å². The van der Waals surface area contributed by atoms with Gasteiger partial charge in [0.25, 0.3) is 0 Å². The molecule has 0 aliphatic carbocycles. The zero-order chi connectivity index (χ0) is 19.0. The molecule has 1 fully saturated rings. The lowest BCUT2D eigenvalue weighted by atomic mass is 9.74. The zero-order valence-electron chi connectivity index (χ0n) is 16.9. The van der Waals surface area contributed by atoms with Gasteiger partial charge < -0.3 is 15.4 Å². The number of rotatable bonds is 6. The first-order chi connectivity index (χ1) is 13.3. The third-order valence-corrected chi connectivity index (χ3v) is 5.60. The molecule has 0 radical (unpaired) electrons. The number of nitrogens with one attached hydrogen (secondary N) is 2. The molecule has 2 N–H and O–H groups in total. The highest BCUT2D eigenvalue weighted by atomic mass is 127. The van der Waals surface area contributed by atoms with Gasteiger partial charge in [0.05, 0.1) is 0 Å². The predicted octanol–water partition coefficient (Wildman–Crippen LogP) is 4.28. The normalized spacial score (nSPS) is 16.1. The SMILES string of the molecule is CCc1ccccc1CNC(=NC)NCC1(c2ccccc2)CCOCC1.I. The Bertz CT molecular complexity index is 743. The summed E-state index contributed by atoms with van der Waals surface area (Å²) >= 11 is 0. The maximum Gasteiger partial charge on any atom is 0.191 e. The van der Waals surface area contributed by atoms with Crippen LogP contribution in [-0.2, 0) is 23.1 Å². The van der Waals surface area contributed by atoms with Crippen molar-refractivity contribution < 1.29 is 4.74 Å². The fraction of sp³-hybridized carbons (Fsp3) is 0.435. The molecule has 4 nitrogen and oxygen atoms in total. The number of hydrogen-bond donors (Lipinski definition) is 2. The molecule has 0 spiro atoms. The summed E-state index contributed by atoms with van der Waals surface area (Å²) in [4.78, 5) is 4.43. The van der Waals surface area contributed by atoms with E-state index in [1.54, 1.807) is 0 Å². The lowest BCUT2D eigenvalue weighted by Gasteiger charge is -2.38. The number of nitrogens with zero attached hydrogens (tertiary/aromatic N) is 1. The standard InChI is InChI=1S/C23H31N3O.HI/c1-3-19-9-7-8-10-20(19)17-25-22(24-2)26-18-23(13-15-27-16-14-23)21-11-5-4-6-12-21;/h4-12H,3,13-18H2,1-2H3,(H2,24,25,26);1H. The summed E-state index contributed by atoms with van der Waals surface area (Å²) in [6.45, 7) is 5.46. The molecule has 0 aromatic heterocycles. The van der Waals surface area contributed by atoms with Gasteiger partial charge in [0, 0.05) is 38.8 Å². The third-order valence-electron chi connectivity index (χ3n) is 5.60. The second-order valence-corrected chi connectivity index (χ2v) is 7.16. The number of aliphatic imine (C=N–C) groups is 1. The van der Waals surface area contributed by atoms with Crippen molar-refractivity contribution in [2.45, 2.75) is 38.1 Å². The summed E-state index contributed by atoms with van der Waals surface area (Å²) in [7, 11) is 1.83. The molecule has 0 atom stereocenters. The highest BCUT2D eigenvalue weighted by Gasteiger charge is 2.34. The lowest BCUT2D eigenvalue weighted by molar-refractivity contribution is 0.0514. The van der Waals surface area contributed by atoms with Crippen LogP contribution in [0.1, 0.15) is 36.5 Å². The van der Waals surface area contributed by atoms with Crippen molar-refractivity contribution in [1.29, 1.82) is 0 Å². The van der Waals surface area contributed by atoms with Crippen LogP contribution >= 0.6 is 24.0 Å². The van der Waals surface area contributed by atoms with E-state index in [0.29, 0.717) is 0 Å². The summed E-state index contributed by atoms with van der Waals surface area (Å²) in [5.41, 5.74) is 4.18. The molecule has 0 bridgehead atoms. The maximum absolute atomic E-state index is 5.64. The predicted molar refractivity (Wildman–Crippen MR) is 128 cm³/mol. The number of benzene rings is 2. The number of halogens is 1. The monoisotopic (exact) mass is 493 g/mol. The number of ether oxygens (including phenoxy) is 1. The molecule has 1 heterocycles. The van der Waals surface area contributed by atoms with E-state index in [4.69, 9.17) is 4.74 Å². The minimum Gasteiger partial charge on any atom is -0.381 e. The van der Waals surface area contributed by atoms with Crippen LogP contribution in [0.4, 0.5) is 0 Å². The minimum absolute atomic E-state index is 0. The van der Waals surface area contributed by atoms with E-state index in [-0.39, 0.29) is 29.4 Å². The summed E-state index contributed by atoms with van der Waals surface area (Å²) in [5, 5.41) is 7.05. The molecule has 1 saturated heterocycles. The molecule has 0 amide bonds. The van der Waals surface area contributed by atoms with Crippen LogP contribution in [0, 0.1) is 0 Å². The average molecular weight is 493 g/mol. The summed E-state index contributed by atoms with van der Waals surface area (Å²) in [6, 6.07) is 19.4. The maximum atomic E-state index is 5.64. The van der Waals surface area contributed by atoms with Gasteiger partial charge in [0.1, 0.15) is 0 Å². The average Bonchev–Trinajstić information content (AvgIpc) is 2.75. The van der Waals surface area contributed by atoms with Crippen LogP contribution in [0.5, 0.6) is 0 Å². The topological polar surface area (TPSA) is 45.7 Å². The molecule has 3 rings (SSSR count). The summed E-state index contributed by atoms with van der Waals surface area (Å²) in [6.07, 6.45) is 3.10. The van der Waals surface area contributed by atoms with Gasteiger partial charge in [-0.2, -0.15) is 0 Å². The quantitative estimate of drug-likeness (QED) is 0.359. The first-order valence-corrected chi connectivity index (χ1v) is 9.92. The zero-order valence-corrected chi connectivity index (χ0v) is 19.2. The van der Waals surface area contributed by atoms with Gasteiger partial charge >= 0.3 is 0 Å². The van der Waals surface area contributed by atoms with Crippen molar-refractivity contribution in [3.8, 4) is 0 Å². The van der Waals surface area contributed by atoms with Crippen molar-refractivity contribution in [3.63, 3.8) is 0 Å². The van der Waals surface area contributed by atoms with Crippen molar-refractivity contribution in [3.05, 3.63) is 71.3 Å². The van der Waals surface area contributed by atoms with E-state index in [1.165, 1.54) is 16.7 Å². The highest BCUT2D eigenvalue weighted by Crippen LogP contribution is 2.34. The van der Waals surface area contributed by atoms with Gasteiger partial charge in [-0.1, -0.05) is 61.5 Å². The van der Waals surface area contributed by atoms with Gasteiger partial charge in [-0.05, 0) is 36.0 Å². The fourth-order valence-corrected chi connectivity index (χ4v) is 3.85. The number of aryl methyl sites for hydroxylation is 1. The minimum atomic E-state index is 0. The second kappa shape index (κ2) is 11.4. The molecule has 2 aromatic carbocycles. The summed E-state index contributed by atoms with van der Waals surface area (Å²) < 4.78 is 5.64. The van der Waals surface area contributed by atoms with E-state index < -0.39 is 0 Å². The Morgan fingerprint density at radius 3 is 2.25 bits per heavy atom. The van der Waals surface area contributed by atoms with Crippen LogP contribution in [0.25, 0.3) is 0 Å². The molecule has 1 aliphatic rings. The number of hydrogen-bond acceptors (Lipinski definition) is 2. The number of guanidine groups is 1. The Kier molecular flexibility index (Phi) is 9.25. The molecule has 28 heavy (non-hydrogen) atoms. The molecule has 0 saturated carbocycles. The van der Waals surface area contributed by atoms with Gasteiger partial charge in [-0.15, -0.1) is 24.0 Å². The van der Waals surface area contributed by atoms with Gasteiger partial charge in [-0.3, -0.25) is 4.99 Å². The largest absolute Gasteiger partial charge is 0.381 e. The first kappa shape index (κ1) is 22.7. The molecule has 1 aliphatic heterocycles. The van der Waals surface area contributed by atoms with Crippen molar-refractivity contribution >= 4 is 29.9 Å². The molecule has 152 valence electrons. The van der Waals surface area contributed by atoms with Crippen molar-refractivity contribution in [1.82, 2.24) is 10.6 Å². The Morgan fingerprint density at radius 2 is 1.61 bits per heavy atom. The van der Waals surface area contributed by atoms with Crippen LogP contribution in [0.3, 0.4) is 0 Å². The van der Waals surface area contributed by atoms with Crippen LogP contribution in [0.15, 0.2) is 59.6 Å². The van der Waals surface area contributed by atoms with Crippen molar-refractivity contribution in [2.75, 3.05) is 26.8 Å². The van der Waals surface area contributed by atoms with E-state index in [2.05, 4.69) is 77.1 Å². The van der Waals surface area contributed by atoms with Gasteiger partial charge in [0.15, 0.2) is 5.96 Å². The van der Waals surface area contributed by atoms with E-state index >= 15 is 0 Å². The van der Waals surface area contributed by atoms with Crippen LogP contribution in [0.2, 0.25) is 0 Å². The highest BCUT2D eigenvalue weighted by molar-refractivity contribution is 14.0. The Labute approximate surface area is 186 Å². The van der Waals surface area contributed by atoms with E-state index in [9.17, 15) is 0 Å². The smallest absolute Gasteiger partial charge is 0.191 e. The Hall–Kier alpha value is -1.60. The summed E-state index contributed by atoms with van der Waals surface area (Å²) in [5.74, 6) is 0.850.